The summed E-state index contributed by atoms with van der Waals surface area (Å²) >= 11 is 5.84. The SMILES string of the molecule is Cc1cc(C=C(C#N)C(=O)Nc2ccc(Cl)cc2)c(C)n1-c1ccc([N+](=O)[O-])cc1. The summed E-state index contributed by atoms with van der Waals surface area (Å²) in [5.74, 6) is -0.528. The van der Waals surface area contributed by atoms with Crippen LogP contribution in [0.15, 0.2) is 60.2 Å². The van der Waals surface area contributed by atoms with Crippen LogP contribution >= 0.6 is 11.6 Å². The summed E-state index contributed by atoms with van der Waals surface area (Å²) in [4.78, 5) is 22.9. The van der Waals surface area contributed by atoms with Crippen LogP contribution in [0.4, 0.5) is 11.4 Å². The molecule has 30 heavy (non-hydrogen) atoms. The first-order valence-electron chi connectivity index (χ1n) is 8.92. The third-order valence-electron chi connectivity index (χ3n) is 4.56. The fourth-order valence-corrected chi connectivity index (χ4v) is 3.22. The number of nitrogens with one attached hydrogen (secondary N) is 1. The number of hydrogen-bond donors (Lipinski definition) is 1. The average Bonchev–Trinajstić information content (AvgIpc) is 3.00. The van der Waals surface area contributed by atoms with E-state index in [1.807, 2.05) is 30.6 Å². The minimum Gasteiger partial charge on any atom is -0.321 e. The van der Waals surface area contributed by atoms with Gasteiger partial charge in [0.2, 0.25) is 0 Å². The summed E-state index contributed by atoms with van der Waals surface area (Å²) in [5, 5.41) is 23.6. The highest BCUT2D eigenvalue weighted by Gasteiger charge is 2.15. The number of nitriles is 1. The van der Waals surface area contributed by atoms with Crippen molar-refractivity contribution >= 4 is 35.0 Å². The van der Waals surface area contributed by atoms with Gasteiger partial charge in [-0.3, -0.25) is 14.9 Å². The number of amides is 1. The number of aryl methyl sites for hydroxylation is 1. The van der Waals surface area contributed by atoms with E-state index in [1.165, 1.54) is 18.2 Å². The van der Waals surface area contributed by atoms with Gasteiger partial charge in [-0.05, 0) is 68.0 Å². The number of halogens is 1. The molecule has 0 radical (unpaired) electrons. The van der Waals surface area contributed by atoms with Crippen LogP contribution in [0.3, 0.4) is 0 Å². The normalized spacial score (nSPS) is 11.1. The molecule has 1 aromatic heterocycles. The second-order valence-corrected chi connectivity index (χ2v) is 7.00. The number of carbonyl (C=O) groups is 1. The van der Waals surface area contributed by atoms with E-state index in [9.17, 15) is 20.2 Å². The molecule has 0 bridgehead atoms. The molecule has 1 heterocycles. The van der Waals surface area contributed by atoms with Crippen molar-refractivity contribution in [3.63, 3.8) is 0 Å². The Balaban J connectivity index is 1.91. The van der Waals surface area contributed by atoms with Crippen LogP contribution in [0.1, 0.15) is 17.0 Å². The van der Waals surface area contributed by atoms with E-state index in [4.69, 9.17) is 11.6 Å². The van der Waals surface area contributed by atoms with Crippen molar-refractivity contribution < 1.29 is 9.72 Å². The van der Waals surface area contributed by atoms with Crippen LogP contribution in [-0.4, -0.2) is 15.4 Å². The Kier molecular flexibility index (Phi) is 6.00. The Bertz CT molecular complexity index is 1190. The molecule has 0 aliphatic carbocycles. The lowest BCUT2D eigenvalue weighted by atomic mass is 10.1. The van der Waals surface area contributed by atoms with E-state index in [-0.39, 0.29) is 11.3 Å². The van der Waals surface area contributed by atoms with Crippen molar-refractivity contribution in [3.8, 4) is 11.8 Å². The van der Waals surface area contributed by atoms with Crippen LogP contribution < -0.4 is 5.32 Å². The predicted octanol–water partition coefficient (Wildman–Crippen LogP) is 5.20. The van der Waals surface area contributed by atoms with Crippen LogP contribution in [0.5, 0.6) is 0 Å². The smallest absolute Gasteiger partial charge is 0.269 e. The number of benzene rings is 2. The van der Waals surface area contributed by atoms with Gasteiger partial charge in [0.05, 0.1) is 4.92 Å². The number of hydrogen-bond acceptors (Lipinski definition) is 4. The molecule has 3 rings (SSSR count). The van der Waals surface area contributed by atoms with E-state index in [1.54, 1.807) is 36.4 Å². The monoisotopic (exact) mass is 420 g/mol. The first-order valence-corrected chi connectivity index (χ1v) is 9.30. The molecule has 0 aliphatic rings. The van der Waals surface area contributed by atoms with Gasteiger partial charge in [0.15, 0.2) is 0 Å². The summed E-state index contributed by atoms with van der Waals surface area (Å²) < 4.78 is 1.90. The third-order valence-corrected chi connectivity index (χ3v) is 4.81. The minimum absolute atomic E-state index is 0.00645. The van der Waals surface area contributed by atoms with Gasteiger partial charge in [-0.2, -0.15) is 5.26 Å². The third kappa shape index (κ3) is 4.40. The van der Waals surface area contributed by atoms with Crippen LogP contribution in [0, 0.1) is 35.3 Å². The quantitative estimate of drug-likeness (QED) is 0.265. The van der Waals surface area contributed by atoms with E-state index in [0.717, 1.165) is 17.1 Å². The van der Waals surface area contributed by atoms with Gasteiger partial charge in [-0.15, -0.1) is 0 Å². The van der Waals surface area contributed by atoms with Crippen LogP contribution in [0.2, 0.25) is 5.02 Å². The van der Waals surface area contributed by atoms with Crippen molar-refractivity contribution in [1.29, 1.82) is 5.26 Å². The Hall–Kier alpha value is -3.89. The molecule has 0 atom stereocenters. The van der Waals surface area contributed by atoms with Gasteiger partial charge in [0, 0.05) is 39.9 Å². The summed E-state index contributed by atoms with van der Waals surface area (Å²) in [6, 6.07) is 16.6. The Morgan fingerprint density at radius 3 is 2.37 bits per heavy atom. The van der Waals surface area contributed by atoms with Crippen molar-refractivity contribution in [2.24, 2.45) is 0 Å². The van der Waals surface area contributed by atoms with E-state index in [0.29, 0.717) is 16.3 Å². The topological polar surface area (TPSA) is 101 Å². The molecule has 0 saturated carbocycles. The average molecular weight is 421 g/mol. The molecule has 0 fully saturated rings. The molecule has 8 heteroatoms. The number of aromatic nitrogens is 1. The fourth-order valence-electron chi connectivity index (χ4n) is 3.09. The van der Waals surface area contributed by atoms with Crippen LogP contribution in [0.25, 0.3) is 11.8 Å². The molecule has 3 aromatic rings. The zero-order valence-electron chi connectivity index (χ0n) is 16.2. The lowest BCUT2D eigenvalue weighted by Gasteiger charge is -2.09. The molecule has 0 aliphatic heterocycles. The molecule has 0 saturated heterocycles. The van der Waals surface area contributed by atoms with Crippen molar-refractivity contribution in [2.45, 2.75) is 13.8 Å². The summed E-state index contributed by atoms with van der Waals surface area (Å²) in [6.07, 6.45) is 1.52. The van der Waals surface area contributed by atoms with Crippen molar-refractivity contribution in [1.82, 2.24) is 4.57 Å². The number of nitro benzene ring substituents is 1. The number of carbonyl (C=O) groups excluding carboxylic acids is 1. The van der Waals surface area contributed by atoms with Gasteiger partial charge in [0.25, 0.3) is 11.6 Å². The molecule has 7 nitrogen and oxygen atoms in total. The standard InChI is InChI=1S/C22H17ClN4O3/c1-14-11-16(15(2)26(14)20-7-9-21(10-8-20)27(29)30)12-17(13-24)22(28)25-19-5-3-18(23)4-6-19/h3-12H,1-2H3,(H,25,28). The zero-order chi connectivity index (χ0) is 21.8. The maximum absolute atomic E-state index is 12.5. The molecular weight excluding hydrogens is 404 g/mol. The molecular formula is C22H17ClN4O3. The van der Waals surface area contributed by atoms with E-state index >= 15 is 0 Å². The number of nitro groups is 1. The fraction of sp³-hybridized carbons (Fsp3) is 0.0909. The molecule has 2 aromatic carbocycles. The van der Waals surface area contributed by atoms with Gasteiger partial charge < -0.3 is 9.88 Å². The lowest BCUT2D eigenvalue weighted by Crippen LogP contribution is -2.13. The van der Waals surface area contributed by atoms with Crippen molar-refractivity contribution in [3.05, 3.63) is 92.3 Å². The van der Waals surface area contributed by atoms with E-state index < -0.39 is 10.8 Å². The molecule has 0 spiro atoms. The Labute approximate surface area is 178 Å². The second kappa shape index (κ2) is 8.64. The number of non-ortho nitro benzene ring substituents is 1. The lowest BCUT2D eigenvalue weighted by molar-refractivity contribution is -0.384. The number of anilines is 1. The highest BCUT2D eigenvalue weighted by molar-refractivity contribution is 6.30. The summed E-state index contributed by atoms with van der Waals surface area (Å²) in [6.45, 7) is 3.73. The Morgan fingerprint density at radius 2 is 1.80 bits per heavy atom. The maximum atomic E-state index is 12.5. The van der Waals surface area contributed by atoms with E-state index in [2.05, 4.69) is 5.32 Å². The largest absolute Gasteiger partial charge is 0.321 e. The number of rotatable bonds is 5. The molecule has 150 valence electrons. The summed E-state index contributed by atoms with van der Waals surface area (Å²) in [5.41, 5.74) is 3.60. The first-order chi connectivity index (χ1) is 14.3. The van der Waals surface area contributed by atoms with Gasteiger partial charge in [-0.25, -0.2) is 0 Å². The highest BCUT2D eigenvalue weighted by atomic mass is 35.5. The van der Waals surface area contributed by atoms with Gasteiger partial charge in [0.1, 0.15) is 11.6 Å². The minimum atomic E-state index is -0.528. The zero-order valence-corrected chi connectivity index (χ0v) is 17.0. The van der Waals surface area contributed by atoms with Gasteiger partial charge in [-0.1, -0.05) is 11.6 Å². The molecule has 0 unspecified atom stereocenters. The predicted molar refractivity (Wildman–Crippen MR) is 116 cm³/mol. The van der Waals surface area contributed by atoms with Crippen molar-refractivity contribution in [2.75, 3.05) is 5.32 Å². The van der Waals surface area contributed by atoms with Gasteiger partial charge >= 0.3 is 0 Å². The molecule has 1 N–H and O–H groups in total. The number of nitrogens with zero attached hydrogens (tertiary/aromatic N) is 3. The Morgan fingerprint density at radius 1 is 1.17 bits per heavy atom. The molecule has 1 amide bonds. The second-order valence-electron chi connectivity index (χ2n) is 6.57. The highest BCUT2D eigenvalue weighted by Crippen LogP contribution is 2.24. The van der Waals surface area contributed by atoms with Crippen LogP contribution in [-0.2, 0) is 4.79 Å². The first kappa shape index (κ1) is 20.8. The summed E-state index contributed by atoms with van der Waals surface area (Å²) in [7, 11) is 0. The maximum Gasteiger partial charge on any atom is 0.269 e.